The number of hydrogen-bond donors (Lipinski definition) is 5. The van der Waals surface area contributed by atoms with Gasteiger partial charge in [0.15, 0.2) is 0 Å². The van der Waals surface area contributed by atoms with Gasteiger partial charge < -0.3 is 26.0 Å². The first-order valence-corrected chi connectivity index (χ1v) is 13.9. The number of aromatic nitrogens is 1. The van der Waals surface area contributed by atoms with E-state index in [0.29, 0.717) is 28.8 Å². The SMILES string of the molecule is N=C1C=C(N2CCCC2)C(NC(=O)c2cccc(C3CC3)[n+]2O)=C/C1=C/N[C@H]1CC[C@@](O)(C2CC2)CC1. The molecule has 2 heterocycles. The van der Waals surface area contributed by atoms with Gasteiger partial charge in [-0.1, -0.05) is 0 Å². The maximum Gasteiger partial charge on any atom is 0.325 e. The molecule has 3 saturated carbocycles. The summed E-state index contributed by atoms with van der Waals surface area (Å²) in [7, 11) is 0. The van der Waals surface area contributed by atoms with E-state index in [0.717, 1.165) is 93.4 Å². The maximum atomic E-state index is 13.3. The fourth-order valence-corrected chi connectivity index (χ4v) is 6.13. The number of nitrogens with one attached hydrogen (secondary N) is 3. The Bertz CT molecular complexity index is 1180. The van der Waals surface area contributed by atoms with Crippen molar-refractivity contribution in [2.75, 3.05) is 13.1 Å². The molecule has 0 unspecified atom stereocenters. The molecule has 0 atom stereocenters. The van der Waals surface area contributed by atoms with Crippen LogP contribution in [0.25, 0.3) is 0 Å². The van der Waals surface area contributed by atoms with Gasteiger partial charge in [0.05, 0.1) is 22.7 Å². The lowest BCUT2D eigenvalue weighted by Gasteiger charge is -2.36. The molecule has 0 spiro atoms. The third-order valence-electron chi connectivity index (χ3n) is 8.75. The summed E-state index contributed by atoms with van der Waals surface area (Å²) in [6.45, 7) is 1.79. The Morgan fingerprint density at radius 3 is 2.49 bits per heavy atom. The smallest absolute Gasteiger partial charge is 0.325 e. The van der Waals surface area contributed by atoms with Gasteiger partial charge in [-0.05, 0) is 88.3 Å². The molecule has 5 aliphatic rings. The third-order valence-corrected chi connectivity index (χ3v) is 8.75. The quantitative estimate of drug-likeness (QED) is 0.289. The number of carbonyl (C=O) groups is 1. The highest BCUT2D eigenvalue weighted by molar-refractivity contribution is 6.10. The molecule has 4 fully saturated rings. The number of nitrogens with zero attached hydrogens (tertiary/aromatic N) is 2. The molecule has 37 heavy (non-hydrogen) atoms. The molecule has 0 radical (unpaired) electrons. The zero-order valence-electron chi connectivity index (χ0n) is 21.4. The van der Waals surface area contributed by atoms with E-state index in [-0.39, 0.29) is 17.6 Å². The molecule has 0 bridgehead atoms. The van der Waals surface area contributed by atoms with Crippen molar-refractivity contribution in [3.8, 4) is 0 Å². The van der Waals surface area contributed by atoms with Gasteiger partial charge in [-0.25, -0.2) is 0 Å². The van der Waals surface area contributed by atoms with Crippen LogP contribution in [0.1, 0.15) is 86.3 Å². The van der Waals surface area contributed by atoms with E-state index in [2.05, 4.69) is 15.5 Å². The van der Waals surface area contributed by atoms with Gasteiger partial charge >= 0.3 is 11.6 Å². The Morgan fingerprint density at radius 2 is 1.81 bits per heavy atom. The Labute approximate surface area is 218 Å². The summed E-state index contributed by atoms with van der Waals surface area (Å²) in [5.41, 5.74) is 3.13. The highest BCUT2D eigenvalue weighted by Crippen LogP contribution is 2.47. The first-order valence-electron chi connectivity index (χ1n) is 13.9. The molecule has 8 heteroatoms. The lowest BCUT2D eigenvalue weighted by atomic mass is 9.79. The number of pyridine rings is 1. The molecule has 1 aliphatic heterocycles. The van der Waals surface area contributed by atoms with Crippen LogP contribution in [0.15, 0.2) is 53.5 Å². The molecular weight excluding hydrogens is 466 g/mol. The van der Waals surface area contributed by atoms with Crippen molar-refractivity contribution < 1.29 is 19.8 Å². The summed E-state index contributed by atoms with van der Waals surface area (Å²) < 4.78 is 1.03. The van der Waals surface area contributed by atoms with Crippen molar-refractivity contribution in [3.05, 3.63) is 64.9 Å². The fraction of sp³-hybridized carbons (Fsp3) is 0.552. The van der Waals surface area contributed by atoms with Gasteiger partial charge in [-0.3, -0.25) is 10.0 Å². The van der Waals surface area contributed by atoms with Crippen LogP contribution in [0.2, 0.25) is 0 Å². The molecule has 196 valence electrons. The molecule has 4 aliphatic carbocycles. The van der Waals surface area contributed by atoms with E-state index in [9.17, 15) is 15.1 Å². The minimum Gasteiger partial charge on any atom is -0.390 e. The zero-order valence-corrected chi connectivity index (χ0v) is 21.4. The average Bonchev–Trinajstić information content (AvgIpc) is 3.83. The Balaban J connectivity index is 1.20. The number of amides is 1. The van der Waals surface area contributed by atoms with E-state index in [1.54, 1.807) is 6.07 Å². The summed E-state index contributed by atoms with van der Waals surface area (Å²) in [5, 5.41) is 36.8. The number of rotatable bonds is 7. The van der Waals surface area contributed by atoms with Gasteiger partial charge in [-0.2, -0.15) is 0 Å². The molecule has 1 aromatic rings. The molecule has 5 N–H and O–H groups in total. The minimum absolute atomic E-state index is 0.209. The Kier molecular flexibility index (Phi) is 6.31. The van der Waals surface area contributed by atoms with Crippen molar-refractivity contribution in [2.24, 2.45) is 5.92 Å². The van der Waals surface area contributed by atoms with E-state index in [4.69, 9.17) is 5.41 Å². The number of aliphatic hydroxyl groups is 1. The first-order chi connectivity index (χ1) is 17.9. The molecule has 0 aromatic carbocycles. The zero-order chi connectivity index (χ0) is 25.6. The van der Waals surface area contributed by atoms with Gasteiger partial charge in [0, 0.05) is 53.7 Å². The predicted molar refractivity (Wildman–Crippen MR) is 139 cm³/mol. The van der Waals surface area contributed by atoms with Crippen LogP contribution in [0.5, 0.6) is 0 Å². The highest BCUT2D eigenvalue weighted by atomic mass is 16.5. The maximum absolute atomic E-state index is 13.3. The molecule has 1 aromatic heterocycles. The molecule has 1 saturated heterocycles. The predicted octanol–water partition coefficient (Wildman–Crippen LogP) is 3.27. The first kappa shape index (κ1) is 24.2. The summed E-state index contributed by atoms with van der Waals surface area (Å²) in [6, 6.07) is 5.60. The summed E-state index contributed by atoms with van der Waals surface area (Å²) in [4.78, 5) is 15.5. The van der Waals surface area contributed by atoms with Crippen molar-refractivity contribution in [2.45, 2.75) is 81.8 Å². The molecule has 6 rings (SSSR count). The highest BCUT2D eigenvalue weighted by Gasteiger charge is 2.45. The second-order valence-electron chi connectivity index (χ2n) is 11.5. The van der Waals surface area contributed by atoms with E-state index < -0.39 is 5.60 Å². The number of allylic oxidation sites excluding steroid dienone is 3. The van der Waals surface area contributed by atoms with E-state index in [1.807, 2.05) is 30.5 Å². The second kappa shape index (κ2) is 9.63. The monoisotopic (exact) mass is 504 g/mol. The Hall–Kier alpha value is -3.13. The van der Waals surface area contributed by atoms with Gasteiger partial charge in [0.1, 0.15) is 0 Å². The summed E-state index contributed by atoms with van der Waals surface area (Å²) in [6.07, 6.45) is 15.6. The largest absolute Gasteiger partial charge is 0.390 e. The van der Waals surface area contributed by atoms with Gasteiger partial charge in [-0.15, -0.1) is 0 Å². The normalized spacial score (nSPS) is 29.2. The van der Waals surface area contributed by atoms with Gasteiger partial charge in [0.2, 0.25) is 5.69 Å². The summed E-state index contributed by atoms with van der Waals surface area (Å²) >= 11 is 0. The van der Waals surface area contributed by atoms with Crippen LogP contribution in [0.3, 0.4) is 0 Å². The van der Waals surface area contributed by atoms with Crippen LogP contribution in [0.4, 0.5) is 0 Å². The fourth-order valence-electron chi connectivity index (χ4n) is 6.13. The minimum atomic E-state index is -0.478. The van der Waals surface area contributed by atoms with Crippen molar-refractivity contribution in [1.82, 2.24) is 15.5 Å². The van der Waals surface area contributed by atoms with Crippen LogP contribution in [-0.4, -0.2) is 51.6 Å². The molecule has 8 nitrogen and oxygen atoms in total. The summed E-state index contributed by atoms with van der Waals surface area (Å²) in [5.74, 6) is 0.436. The van der Waals surface area contributed by atoms with Crippen LogP contribution < -0.4 is 15.4 Å². The lowest BCUT2D eigenvalue weighted by Crippen LogP contribution is -2.45. The molecule has 1 amide bonds. The molecular formula is C29H38N5O3+. The number of hydrogen-bond acceptors (Lipinski definition) is 6. The van der Waals surface area contributed by atoms with Crippen molar-refractivity contribution in [1.29, 1.82) is 5.41 Å². The van der Waals surface area contributed by atoms with E-state index in [1.165, 1.54) is 0 Å². The van der Waals surface area contributed by atoms with Gasteiger partial charge in [0.25, 0.3) is 0 Å². The third kappa shape index (κ3) is 5.04. The second-order valence-corrected chi connectivity index (χ2v) is 11.5. The van der Waals surface area contributed by atoms with Crippen molar-refractivity contribution >= 4 is 11.6 Å². The van der Waals surface area contributed by atoms with E-state index >= 15 is 0 Å². The topological polar surface area (TPSA) is 113 Å². The lowest BCUT2D eigenvalue weighted by molar-refractivity contribution is -0.910. The number of likely N-dealkylation sites (tertiary alicyclic amines) is 1. The van der Waals surface area contributed by atoms with Crippen molar-refractivity contribution in [3.63, 3.8) is 0 Å². The standard InChI is InChI=1S/C29H37N5O3/c30-23-17-27(33-14-1-2-15-33)24(32-28(35)26-5-3-4-25(34(26)37)19-6-7-19)16-20(23)18-31-22-10-12-29(36,13-11-22)21-8-9-21/h3-5,16-19,21-22,30,35-37H,1-2,6-15H2/p+1/t22-,29-. The van der Waals surface area contributed by atoms with Crippen LogP contribution in [0, 0.1) is 11.3 Å². The van der Waals surface area contributed by atoms with Crippen LogP contribution in [-0.2, 0) is 0 Å². The average molecular weight is 505 g/mol. The van der Waals surface area contributed by atoms with Crippen LogP contribution >= 0.6 is 0 Å². The number of carbonyl (C=O) groups excluding carboxylic acids is 1. The Morgan fingerprint density at radius 1 is 1.08 bits per heavy atom.